The molecule has 3 rings (SSSR count). The molecular weight excluding hydrogens is 254 g/mol. The third-order valence-electron chi connectivity index (χ3n) is 4.36. The van der Waals surface area contributed by atoms with E-state index in [1.165, 1.54) is 5.57 Å². The summed E-state index contributed by atoms with van der Waals surface area (Å²) in [5.74, 6) is -0.279. The number of allylic oxidation sites excluding steroid dienone is 2. The van der Waals surface area contributed by atoms with Crippen LogP contribution in [0.15, 0.2) is 22.9 Å². The summed E-state index contributed by atoms with van der Waals surface area (Å²) in [5, 5.41) is 3.42. The van der Waals surface area contributed by atoms with E-state index in [1.54, 1.807) is 6.92 Å². The quantitative estimate of drug-likeness (QED) is 0.841. The SMILES string of the molecule is CC(=O)C1=C2NCCCC2=CCC1[C@H]1COC(C)(C)O1. The van der Waals surface area contributed by atoms with Crippen LogP contribution in [0.2, 0.25) is 0 Å². The van der Waals surface area contributed by atoms with E-state index in [0.717, 1.165) is 37.1 Å². The Morgan fingerprint density at radius 3 is 2.90 bits per heavy atom. The largest absolute Gasteiger partial charge is 0.384 e. The second kappa shape index (κ2) is 5.01. The van der Waals surface area contributed by atoms with Gasteiger partial charge in [0.05, 0.1) is 12.7 Å². The molecule has 0 aromatic heterocycles. The summed E-state index contributed by atoms with van der Waals surface area (Å²) in [6, 6.07) is 0. The zero-order valence-electron chi connectivity index (χ0n) is 12.5. The zero-order valence-corrected chi connectivity index (χ0v) is 12.5. The second-order valence-electron chi connectivity index (χ2n) is 6.31. The number of fused-ring (bicyclic) bond motifs is 1. The smallest absolute Gasteiger partial charge is 0.163 e. The number of rotatable bonds is 2. The molecule has 0 saturated carbocycles. The molecule has 2 atom stereocenters. The average molecular weight is 277 g/mol. The number of ether oxygens (including phenoxy) is 2. The van der Waals surface area contributed by atoms with Crippen molar-refractivity contribution in [2.75, 3.05) is 13.2 Å². The van der Waals surface area contributed by atoms with Gasteiger partial charge in [-0.25, -0.2) is 0 Å². The van der Waals surface area contributed by atoms with Gasteiger partial charge in [-0.15, -0.1) is 0 Å². The third-order valence-corrected chi connectivity index (χ3v) is 4.36. The molecule has 0 radical (unpaired) electrons. The summed E-state index contributed by atoms with van der Waals surface area (Å²) >= 11 is 0. The lowest BCUT2D eigenvalue weighted by Gasteiger charge is -2.33. The van der Waals surface area contributed by atoms with Crippen molar-refractivity contribution in [3.8, 4) is 0 Å². The highest BCUT2D eigenvalue weighted by Crippen LogP contribution is 2.39. The molecule has 0 amide bonds. The van der Waals surface area contributed by atoms with E-state index in [0.29, 0.717) is 6.61 Å². The number of Topliss-reactive ketones (excluding diaryl/α,β-unsaturated/α-hetero) is 1. The van der Waals surface area contributed by atoms with Crippen LogP contribution in [0, 0.1) is 5.92 Å². The molecule has 20 heavy (non-hydrogen) atoms. The first-order chi connectivity index (χ1) is 9.48. The van der Waals surface area contributed by atoms with Crippen molar-refractivity contribution >= 4 is 5.78 Å². The summed E-state index contributed by atoms with van der Waals surface area (Å²) in [6.45, 7) is 7.02. The molecule has 1 N–H and O–H groups in total. The van der Waals surface area contributed by atoms with E-state index in [2.05, 4.69) is 11.4 Å². The van der Waals surface area contributed by atoms with Crippen LogP contribution in [0.1, 0.15) is 40.0 Å². The van der Waals surface area contributed by atoms with Crippen molar-refractivity contribution in [3.63, 3.8) is 0 Å². The van der Waals surface area contributed by atoms with E-state index in [-0.39, 0.29) is 17.8 Å². The molecule has 3 aliphatic rings. The Labute approximate surface area is 120 Å². The van der Waals surface area contributed by atoms with Gasteiger partial charge in [0.1, 0.15) is 0 Å². The van der Waals surface area contributed by atoms with Crippen molar-refractivity contribution < 1.29 is 14.3 Å². The van der Waals surface area contributed by atoms with Gasteiger partial charge in [0, 0.05) is 23.7 Å². The highest BCUT2D eigenvalue weighted by Gasteiger charge is 2.41. The lowest BCUT2D eigenvalue weighted by Crippen LogP contribution is -2.36. The van der Waals surface area contributed by atoms with E-state index in [9.17, 15) is 4.79 Å². The molecule has 0 bridgehead atoms. The Morgan fingerprint density at radius 1 is 1.45 bits per heavy atom. The van der Waals surface area contributed by atoms with Crippen LogP contribution in [0.3, 0.4) is 0 Å². The van der Waals surface area contributed by atoms with Crippen LogP contribution in [0.25, 0.3) is 0 Å². The summed E-state index contributed by atoms with van der Waals surface area (Å²) in [5.41, 5.74) is 3.28. The molecular formula is C16H23NO3. The molecule has 0 aromatic rings. The van der Waals surface area contributed by atoms with E-state index in [1.807, 2.05) is 13.8 Å². The Bertz CT molecular complexity index is 490. The molecule has 4 heteroatoms. The predicted octanol–water partition coefficient (Wildman–Crippen LogP) is 2.31. The Morgan fingerprint density at radius 2 is 2.25 bits per heavy atom. The fourth-order valence-electron chi connectivity index (χ4n) is 3.46. The van der Waals surface area contributed by atoms with Crippen LogP contribution in [-0.4, -0.2) is 30.8 Å². The van der Waals surface area contributed by atoms with E-state index < -0.39 is 5.79 Å². The summed E-state index contributed by atoms with van der Waals surface area (Å²) in [7, 11) is 0. The standard InChI is InChI=1S/C16H23NO3/c1-10(18)14-12(13-9-19-16(2,3)20-13)7-6-11-5-4-8-17-15(11)14/h6,12-13,17H,4-5,7-9H2,1-3H3/t12?,13-/m1/s1. The molecule has 2 aliphatic heterocycles. The van der Waals surface area contributed by atoms with Crippen LogP contribution >= 0.6 is 0 Å². The number of hydrogen-bond acceptors (Lipinski definition) is 4. The maximum atomic E-state index is 12.2. The zero-order chi connectivity index (χ0) is 14.3. The normalized spacial score (nSPS) is 32.5. The highest BCUT2D eigenvalue weighted by molar-refractivity contribution is 5.95. The van der Waals surface area contributed by atoms with Gasteiger partial charge in [-0.3, -0.25) is 4.79 Å². The van der Waals surface area contributed by atoms with Gasteiger partial charge in [0.2, 0.25) is 0 Å². The van der Waals surface area contributed by atoms with Crippen LogP contribution < -0.4 is 5.32 Å². The van der Waals surface area contributed by atoms with Gasteiger partial charge >= 0.3 is 0 Å². The van der Waals surface area contributed by atoms with Gasteiger partial charge in [0.25, 0.3) is 0 Å². The first-order valence-corrected chi connectivity index (χ1v) is 7.48. The topological polar surface area (TPSA) is 47.6 Å². The average Bonchev–Trinajstić information content (AvgIpc) is 2.77. The molecule has 2 fully saturated rings. The number of carbonyl (C=O) groups excluding carboxylic acids is 1. The first kappa shape index (κ1) is 13.8. The number of nitrogens with one attached hydrogen (secondary N) is 1. The number of piperidine rings is 1. The molecule has 2 saturated heterocycles. The second-order valence-corrected chi connectivity index (χ2v) is 6.31. The molecule has 4 nitrogen and oxygen atoms in total. The van der Waals surface area contributed by atoms with Crippen LogP contribution in [0.5, 0.6) is 0 Å². The van der Waals surface area contributed by atoms with Gasteiger partial charge < -0.3 is 14.8 Å². The first-order valence-electron chi connectivity index (χ1n) is 7.48. The molecule has 110 valence electrons. The monoisotopic (exact) mass is 277 g/mol. The predicted molar refractivity (Wildman–Crippen MR) is 76.0 cm³/mol. The molecule has 2 heterocycles. The minimum atomic E-state index is -0.540. The molecule has 0 spiro atoms. The van der Waals surface area contributed by atoms with Gasteiger partial charge in [0.15, 0.2) is 11.6 Å². The van der Waals surface area contributed by atoms with Gasteiger partial charge in [-0.2, -0.15) is 0 Å². The van der Waals surface area contributed by atoms with Crippen molar-refractivity contribution in [1.82, 2.24) is 5.32 Å². The number of carbonyl (C=O) groups is 1. The number of ketones is 1. The van der Waals surface area contributed by atoms with Gasteiger partial charge in [-0.05, 0) is 45.6 Å². The minimum Gasteiger partial charge on any atom is -0.384 e. The molecule has 1 unspecified atom stereocenters. The van der Waals surface area contributed by atoms with Gasteiger partial charge in [-0.1, -0.05) is 6.08 Å². The van der Waals surface area contributed by atoms with Crippen molar-refractivity contribution in [2.24, 2.45) is 5.92 Å². The highest BCUT2D eigenvalue weighted by atomic mass is 16.7. The summed E-state index contributed by atoms with van der Waals surface area (Å²) in [4.78, 5) is 12.2. The Kier molecular flexibility index (Phi) is 3.46. The molecule has 0 aromatic carbocycles. The summed E-state index contributed by atoms with van der Waals surface area (Å²) < 4.78 is 11.7. The summed E-state index contributed by atoms with van der Waals surface area (Å²) in [6.07, 6.45) is 5.32. The van der Waals surface area contributed by atoms with Crippen LogP contribution in [0.4, 0.5) is 0 Å². The van der Waals surface area contributed by atoms with E-state index >= 15 is 0 Å². The Balaban J connectivity index is 1.91. The van der Waals surface area contributed by atoms with Crippen LogP contribution in [-0.2, 0) is 14.3 Å². The lowest BCUT2D eigenvalue weighted by atomic mass is 9.79. The van der Waals surface area contributed by atoms with Crippen molar-refractivity contribution in [1.29, 1.82) is 0 Å². The van der Waals surface area contributed by atoms with Crippen molar-refractivity contribution in [3.05, 3.63) is 22.9 Å². The number of hydrogen-bond donors (Lipinski definition) is 1. The molecule has 1 aliphatic carbocycles. The fourth-order valence-corrected chi connectivity index (χ4v) is 3.46. The maximum Gasteiger partial charge on any atom is 0.163 e. The maximum absolute atomic E-state index is 12.2. The minimum absolute atomic E-state index is 0.0297. The third kappa shape index (κ3) is 2.42. The lowest BCUT2D eigenvalue weighted by molar-refractivity contribution is -0.143. The van der Waals surface area contributed by atoms with E-state index in [4.69, 9.17) is 9.47 Å². The Hall–Kier alpha value is -1.13. The van der Waals surface area contributed by atoms with Crippen molar-refractivity contribution in [2.45, 2.75) is 51.9 Å². The fraction of sp³-hybridized carbons (Fsp3) is 0.688.